The molecule has 0 aliphatic carbocycles. The highest BCUT2D eigenvalue weighted by Gasteiger charge is 2.25. The van der Waals surface area contributed by atoms with E-state index >= 15 is 0 Å². The number of hydrogen-bond donors (Lipinski definition) is 1. The third kappa shape index (κ3) is 4.08. The van der Waals surface area contributed by atoms with E-state index in [2.05, 4.69) is 10.3 Å². The van der Waals surface area contributed by atoms with Crippen LogP contribution in [0.4, 0.5) is 10.1 Å². The summed E-state index contributed by atoms with van der Waals surface area (Å²) in [5.41, 5.74) is 0.234. The fraction of sp³-hybridized carbons (Fsp3) is 0.111. The van der Waals surface area contributed by atoms with E-state index in [1.54, 1.807) is 24.3 Å². The molecule has 0 radical (unpaired) electrons. The molecule has 1 N–H and O–H groups in total. The lowest BCUT2D eigenvalue weighted by atomic mass is 10.2. The molecule has 9 heteroatoms. The number of anilines is 1. The Hall–Kier alpha value is -2.55. The van der Waals surface area contributed by atoms with Crippen molar-refractivity contribution >= 4 is 44.1 Å². The number of carbonyl (C=O) groups excluding carboxylic acids is 1. The number of para-hydroxylation sites is 1. The Morgan fingerprint density at radius 3 is 2.70 bits per heavy atom. The van der Waals surface area contributed by atoms with Crippen LogP contribution in [-0.4, -0.2) is 37.2 Å². The molecule has 0 fully saturated rings. The predicted octanol–water partition coefficient (Wildman–Crippen LogP) is 3.29. The van der Waals surface area contributed by atoms with Crippen molar-refractivity contribution in [2.45, 2.75) is 4.90 Å². The minimum Gasteiger partial charge on any atom is -0.322 e. The normalized spacial score (nSPS) is 11.7. The van der Waals surface area contributed by atoms with E-state index in [1.165, 1.54) is 31.4 Å². The number of likely N-dealkylation sites (N-methyl/N-ethyl adjacent to an activating group) is 1. The maximum atomic E-state index is 13.8. The van der Waals surface area contributed by atoms with Gasteiger partial charge in [-0.15, -0.1) is 0 Å². The summed E-state index contributed by atoms with van der Waals surface area (Å²) in [7, 11) is -2.70. The van der Waals surface area contributed by atoms with Gasteiger partial charge in [-0.25, -0.2) is 12.8 Å². The lowest BCUT2D eigenvalue weighted by Crippen LogP contribution is -2.35. The van der Waals surface area contributed by atoms with Crippen LogP contribution < -0.4 is 5.32 Å². The lowest BCUT2D eigenvalue weighted by Gasteiger charge is -2.18. The number of aromatic nitrogens is 1. The van der Waals surface area contributed by atoms with E-state index in [0.717, 1.165) is 10.4 Å². The van der Waals surface area contributed by atoms with Crippen LogP contribution in [0.3, 0.4) is 0 Å². The molecule has 0 unspecified atom stereocenters. The summed E-state index contributed by atoms with van der Waals surface area (Å²) in [6.45, 7) is -0.492. The number of carbonyl (C=O) groups is 1. The van der Waals surface area contributed by atoms with Crippen LogP contribution in [0.1, 0.15) is 0 Å². The van der Waals surface area contributed by atoms with Gasteiger partial charge in [-0.1, -0.05) is 29.8 Å². The van der Waals surface area contributed by atoms with E-state index in [0.29, 0.717) is 10.9 Å². The van der Waals surface area contributed by atoms with Crippen LogP contribution in [-0.2, 0) is 14.8 Å². The molecule has 3 aromatic rings. The number of amides is 1. The first kappa shape index (κ1) is 19.2. The van der Waals surface area contributed by atoms with Gasteiger partial charge in [0.05, 0.1) is 17.7 Å². The highest BCUT2D eigenvalue weighted by Crippen LogP contribution is 2.23. The smallest absolute Gasteiger partial charge is 0.245 e. The van der Waals surface area contributed by atoms with Crippen molar-refractivity contribution < 1.29 is 17.6 Å². The summed E-state index contributed by atoms with van der Waals surface area (Å²) in [5, 5.41) is 3.19. The number of pyridine rings is 1. The van der Waals surface area contributed by atoms with Crippen LogP contribution in [0, 0.1) is 5.82 Å². The van der Waals surface area contributed by atoms with E-state index in [1.807, 2.05) is 0 Å². The van der Waals surface area contributed by atoms with Crippen LogP contribution >= 0.6 is 11.6 Å². The second-order valence-corrected chi connectivity index (χ2v) is 8.21. The average molecular weight is 408 g/mol. The van der Waals surface area contributed by atoms with E-state index in [9.17, 15) is 17.6 Å². The number of benzene rings is 2. The number of hydrogen-bond acceptors (Lipinski definition) is 4. The molecule has 140 valence electrons. The van der Waals surface area contributed by atoms with Crippen molar-refractivity contribution in [3.05, 3.63) is 65.6 Å². The summed E-state index contributed by atoms with van der Waals surface area (Å²) in [5.74, 6) is -1.39. The molecule has 1 heterocycles. The predicted molar refractivity (Wildman–Crippen MR) is 102 cm³/mol. The summed E-state index contributed by atoms with van der Waals surface area (Å²) in [6, 6.07) is 12.0. The quantitative estimate of drug-likeness (QED) is 0.703. The molecule has 0 saturated carbocycles. The standard InChI is InChI=1S/C18H15ClFN3O3S/c1-23(11-17(24)22-15-8-7-13(19)10-14(15)20)27(25,26)16-6-2-4-12-5-3-9-21-18(12)16/h2-10H,11H2,1H3,(H,22,24). The van der Waals surface area contributed by atoms with Gasteiger partial charge in [-0.05, 0) is 30.3 Å². The summed E-state index contributed by atoms with van der Waals surface area (Å²) >= 11 is 5.67. The molecular weight excluding hydrogens is 393 g/mol. The van der Waals surface area contributed by atoms with Crippen LogP contribution in [0.2, 0.25) is 5.02 Å². The third-order valence-electron chi connectivity index (χ3n) is 3.86. The van der Waals surface area contributed by atoms with Gasteiger partial charge in [0.15, 0.2) is 0 Å². The number of sulfonamides is 1. The molecular formula is C18H15ClFN3O3S. The van der Waals surface area contributed by atoms with E-state index < -0.39 is 28.3 Å². The molecule has 0 aliphatic rings. The molecule has 1 amide bonds. The first-order valence-corrected chi connectivity index (χ1v) is 9.66. The minimum absolute atomic E-state index is 0.00595. The fourth-order valence-electron chi connectivity index (χ4n) is 2.52. The van der Waals surface area contributed by atoms with Crippen molar-refractivity contribution in [1.82, 2.24) is 9.29 Å². The Kier molecular flexibility index (Phi) is 5.41. The number of nitrogens with zero attached hydrogens (tertiary/aromatic N) is 2. The zero-order valence-corrected chi connectivity index (χ0v) is 15.8. The second kappa shape index (κ2) is 7.59. The SMILES string of the molecule is CN(CC(=O)Nc1ccc(Cl)cc1F)S(=O)(=O)c1cccc2cccnc12. The first-order valence-electron chi connectivity index (χ1n) is 7.84. The molecule has 6 nitrogen and oxygen atoms in total. The van der Waals surface area contributed by atoms with Crippen LogP contribution in [0.15, 0.2) is 59.6 Å². The van der Waals surface area contributed by atoms with Gasteiger partial charge in [0.1, 0.15) is 10.7 Å². The fourth-order valence-corrected chi connectivity index (χ4v) is 3.97. The Morgan fingerprint density at radius 1 is 1.22 bits per heavy atom. The lowest BCUT2D eigenvalue weighted by molar-refractivity contribution is -0.116. The molecule has 0 spiro atoms. The van der Waals surface area contributed by atoms with Gasteiger partial charge in [0.2, 0.25) is 15.9 Å². The van der Waals surface area contributed by atoms with Gasteiger partial charge in [-0.3, -0.25) is 9.78 Å². The average Bonchev–Trinajstić information content (AvgIpc) is 2.63. The maximum absolute atomic E-state index is 13.8. The van der Waals surface area contributed by atoms with Gasteiger partial charge in [0.25, 0.3) is 0 Å². The zero-order chi connectivity index (χ0) is 19.6. The Bertz CT molecular complexity index is 1120. The van der Waals surface area contributed by atoms with Gasteiger partial charge >= 0.3 is 0 Å². The first-order chi connectivity index (χ1) is 12.8. The van der Waals surface area contributed by atoms with Gasteiger partial charge < -0.3 is 5.32 Å². The Labute approximate surface area is 160 Å². The summed E-state index contributed by atoms with van der Waals surface area (Å²) in [4.78, 5) is 16.3. The molecule has 2 aromatic carbocycles. The minimum atomic E-state index is -3.97. The highest BCUT2D eigenvalue weighted by molar-refractivity contribution is 7.89. The molecule has 0 aliphatic heterocycles. The number of rotatable bonds is 5. The third-order valence-corrected chi connectivity index (χ3v) is 5.93. The van der Waals surface area contributed by atoms with Crippen LogP contribution in [0.25, 0.3) is 10.9 Å². The van der Waals surface area contributed by atoms with Crippen molar-refractivity contribution in [1.29, 1.82) is 0 Å². The zero-order valence-electron chi connectivity index (χ0n) is 14.2. The molecule has 27 heavy (non-hydrogen) atoms. The number of nitrogens with one attached hydrogen (secondary N) is 1. The maximum Gasteiger partial charge on any atom is 0.245 e. The van der Waals surface area contributed by atoms with Gasteiger partial charge in [0, 0.05) is 23.7 Å². The topological polar surface area (TPSA) is 79.4 Å². The molecule has 0 atom stereocenters. The molecule has 0 bridgehead atoms. The van der Waals surface area contributed by atoms with Crippen molar-refractivity contribution in [2.24, 2.45) is 0 Å². The van der Waals surface area contributed by atoms with Crippen molar-refractivity contribution in [2.75, 3.05) is 18.9 Å². The largest absolute Gasteiger partial charge is 0.322 e. The second-order valence-electron chi connectivity index (χ2n) is 5.76. The number of halogens is 2. The van der Waals surface area contributed by atoms with E-state index in [4.69, 9.17) is 11.6 Å². The summed E-state index contributed by atoms with van der Waals surface area (Å²) in [6.07, 6.45) is 1.50. The van der Waals surface area contributed by atoms with Gasteiger partial charge in [-0.2, -0.15) is 4.31 Å². The summed E-state index contributed by atoms with van der Waals surface area (Å²) < 4.78 is 40.4. The highest BCUT2D eigenvalue weighted by atomic mass is 35.5. The molecule has 3 rings (SSSR count). The van der Waals surface area contributed by atoms with Crippen molar-refractivity contribution in [3.63, 3.8) is 0 Å². The van der Waals surface area contributed by atoms with Crippen molar-refractivity contribution in [3.8, 4) is 0 Å². The van der Waals surface area contributed by atoms with E-state index in [-0.39, 0.29) is 15.6 Å². The number of fused-ring (bicyclic) bond motifs is 1. The molecule has 1 aromatic heterocycles. The molecule has 0 saturated heterocycles. The Balaban J connectivity index is 1.82. The monoisotopic (exact) mass is 407 g/mol. The van der Waals surface area contributed by atoms with Crippen LogP contribution in [0.5, 0.6) is 0 Å². The Morgan fingerprint density at radius 2 is 1.96 bits per heavy atom.